The van der Waals surface area contributed by atoms with Crippen molar-refractivity contribution in [1.29, 1.82) is 0 Å². The van der Waals surface area contributed by atoms with E-state index in [-0.39, 0.29) is 10.7 Å². The van der Waals surface area contributed by atoms with Crippen LogP contribution in [-0.2, 0) is 0 Å². The highest BCUT2D eigenvalue weighted by molar-refractivity contribution is 6.31. The average Bonchev–Trinajstić information content (AvgIpc) is 2.44. The molecule has 3 aromatic rings. The molecule has 0 atom stereocenters. The maximum absolute atomic E-state index is 13.9. The first-order valence-corrected chi connectivity index (χ1v) is 6.24. The van der Waals surface area contributed by atoms with Crippen LogP contribution in [0, 0.1) is 5.82 Å². The number of nitrogens with zero attached hydrogens (tertiary/aromatic N) is 2. The van der Waals surface area contributed by atoms with Crippen molar-refractivity contribution in [1.82, 2.24) is 9.97 Å². The number of hydrogen-bond donors (Lipinski definition) is 2. The topological polar surface area (TPSA) is 63.8 Å². The van der Waals surface area contributed by atoms with E-state index in [1.807, 2.05) is 0 Å². The largest absolute Gasteiger partial charge is 0.399 e. The third-order valence-electron chi connectivity index (χ3n) is 2.86. The summed E-state index contributed by atoms with van der Waals surface area (Å²) in [6.45, 7) is 0. The zero-order chi connectivity index (χ0) is 14.1. The molecule has 0 saturated heterocycles. The first-order chi connectivity index (χ1) is 9.65. The molecular formula is C14H10ClFN4. The van der Waals surface area contributed by atoms with E-state index in [9.17, 15) is 4.39 Å². The van der Waals surface area contributed by atoms with E-state index < -0.39 is 5.82 Å². The van der Waals surface area contributed by atoms with Gasteiger partial charge in [-0.1, -0.05) is 17.7 Å². The molecule has 0 aliphatic rings. The van der Waals surface area contributed by atoms with Crippen LogP contribution in [0.25, 0.3) is 10.9 Å². The van der Waals surface area contributed by atoms with Crippen molar-refractivity contribution in [3.05, 3.63) is 53.6 Å². The molecule has 0 aliphatic heterocycles. The van der Waals surface area contributed by atoms with Crippen LogP contribution in [-0.4, -0.2) is 9.97 Å². The number of nitrogens with two attached hydrogens (primary N) is 1. The van der Waals surface area contributed by atoms with Crippen LogP contribution in [0.15, 0.2) is 42.7 Å². The summed E-state index contributed by atoms with van der Waals surface area (Å²) in [6.07, 6.45) is 1.41. The number of nitrogen functional groups attached to an aromatic ring is 1. The number of anilines is 3. The quantitative estimate of drug-likeness (QED) is 0.705. The maximum Gasteiger partial charge on any atom is 0.165 e. The summed E-state index contributed by atoms with van der Waals surface area (Å²) in [7, 11) is 0. The van der Waals surface area contributed by atoms with Gasteiger partial charge in [0.25, 0.3) is 0 Å². The van der Waals surface area contributed by atoms with Crippen molar-refractivity contribution in [2.75, 3.05) is 11.1 Å². The third-order valence-corrected chi connectivity index (χ3v) is 3.16. The van der Waals surface area contributed by atoms with Crippen molar-refractivity contribution in [3.8, 4) is 0 Å². The van der Waals surface area contributed by atoms with Gasteiger partial charge in [0.2, 0.25) is 0 Å². The van der Waals surface area contributed by atoms with Gasteiger partial charge in [0, 0.05) is 11.1 Å². The predicted molar refractivity (Wildman–Crippen MR) is 78.6 cm³/mol. The lowest BCUT2D eigenvalue weighted by Gasteiger charge is -2.10. The minimum absolute atomic E-state index is 0.0490. The fraction of sp³-hybridized carbons (Fsp3) is 0. The molecule has 1 aromatic heterocycles. The summed E-state index contributed by atoms with van der Waals surface area (Å²) >= 11 is 5.76. The van der Waals surface area contributed by atoms with E-state index in [2.05, 4.69) is 15.3 Å². The van der Waals surface area contributed by atoms with Crippen molar-refractivity contribution >= 4 is 39.7 Å². The van der Waals surface area contributed by atoms with Gasteiger partial charge >= 0.3 is 0 Å². The van der Waals surface area contributed by atoms with E-state index in [0.717, 1.165) is 5.52 Å². The van der Waals surface area contributed by atoms with Crippen LogP contribution in [0.5, 0.6) is 0 Å². The molecule has 3 N–H and O–H groups in total. The summed E-state index contributed by atoms with van der Waals surface area (Å²) in [5.74, 6) is -0.0479. The maximum atomic E-state index is 13.9. The predicted octanol–water partition coefficient (Wildman–Crippen LogP) is 3.75. The van der Waals surface area contributed by atoms with Gasteiger partial charge in [-0.15, -0.1) is 0 Å². The lowest BCUT2D eigenvalue weighted by Crippen LogP contribution is -1.99. The molecule has 0 saturated carbocycles. The van der Waals surface area contributed by atoms with Gasteiger partial charge in [-0.05, 0) is 30.3 Å². The number of benzene rings is 2. The van der Waals surface area contributed by atoms with Gasteiger partial charge in [0.1, 0.15) is 12.1 Å². The molecule has 2 aromatic carbocycles. The van der Waals surface area contributed by atoms with Crippen molar-refractivity contribution < 1.29 is 4.39 Å². The van der Waals surface area contributed by atoms with Crippen LogP contribution >= 0.6 is 11.6 Å². The summed E-state index contributed by atoms with van der Waals surface area (Å²) in [5, 5.41) is 3.68. The molecule has 0 radical (unpaired) electrons. The highest BCUT2D eigenvalue weighted by Gasteiger charge is 2.09. The number of aromatic nitrogens is 2. The van der Waals surface area contributed by atoms with Crippen LogP contribution in [0.3, 0.4) is 0 Å². The van der Waals surface area contributed by atoms with Crippen LogP contribution in [0.4, 0.5) is 21.6 Å². The lowest BCUT2D eigenvalue weighted by molar-refractivity contribution is 0.632. The van der Waals surface area contributed by atoms with Gasteiger partial charge < -0.3 is 11.1 Å². The summed E-state index contributed by atoms with van der Waals surface area (Å²) in [5.41, 5.74) is 7.32. The molecule has 100 valence electrons. The average molecular weight is 289 g/mol. The standard InChI is InChI=1S/C14H10ClFN4/c15-10-2-1-3-12(13(10)16)20-14-9-6-8(17)4-5-11(9)18-7-19-14/h1-7H,17H2,(H,18,19,20). The molecule has 20 heavy (non-hydrogen) atoms. The smallest absolute Gasteiger partial charge is 0.165 e. The monoisotopic (exact) mass is 288 g/mol. The second-order valence-electron chi connectivity index (χ2n) is 4.23. The fourth-order valence-electron chi connectivity index (χ4n) is 1.90. The zero-order valence-corrected chi connectivity index (χ0v) is 11.0. The first-order valence-electron chi connectivity index (χ1n) is 5.86. The Morgan fingerprint density at radius 1 is 1.15 bits per heavy atom. The van der Waals surface area contributed by atoms with Crippen molar-refractivity contribution in [3.63, 3.8) is 0 Å². The number of rotatable bonds is 2. The Morgan fingerprint density at radius 2 is 2.00 bits per heavy atom. The van der Waals surface area contributed by atoms with E-state index in [4.69, 9.17) is 17.3 Å². The molecule has 1 heterocycles. The Bertz CT molecular complexity index is 791. The summed E-state index contributed by atoms with van der Waals surface area (Å²) in [4.78, 5) is 8.26. The van der Waals surface area contributed by atoms with E-state index in [1.165, 1.54) is 12.4 Å². The van der Waals surface area contributed by atoms with Crippen molar-refractivity contribution in [2.45, 2.75) is 0 Å². The highest BCUT2D eigenvalue weighted by Crippen LogP contribution is 2.28. The molecule has 0 unspecified atom stereocenters. The van der Waals surface area contributed by atoms with Crippen LogP contribution < -0.4 is 11.1 Å². The van der Waals surface area contributed by atoms with Gasteiger partial charge in [-0.2, -0.15) is 0 Å². The molecule has 0 aliphatic carbocycles. The normalized spacial score (nSPS) is 10.7. The summed E-state index contributed by atoms with van der Waals surface area (Å²) in [6, 6.07) is 10.00. The molecule has 4 nitrogen and oxygen atoms in total. The second kappa shape index (κ2) is 4.94. The van der Waals surface area contributed by atoms with Crippen LogP contribution in [0.1, 0.15) is 0 Å². The van der Waals surface area contributed by atoms with E-state index in [1.54, 1.807) is 30.3 Å². The highest BCUT2D eigenvalue weighted by atomic mass is 35.5. The first kappa shape index (κ1) is 12.6. The zero-order valence-electron chi connectivity index (χ0n) is 10.3. The fourth-order valence-corrected chi connectivity index (χ4v) is 2.08. The Hall–Kier alpha value is -2.40. The Labute approximate surface area is 119 Å². The Kier molecular flexibility index (Phi) is 3.12. The van der Waals surface area contributed by atoms with Gasteiger partial charge in [-0.3, -0.25) is 0 Å². The molecule has 0 bridgehead atoms. The van der Waals surface area contributed by atoms with Crippen LogP contribution in [0.2, 0.25) is 5.02 Å². The minimum atomic E-state index is -0.523. The number of fused-ring (bicyclic) bond motifs is 1. The molecule has 0 spiro atoms. The van der Waals surface area contributed by atoms with E-state index >= 15 is 0 Å². The van der Waals surface area contributed by atoms with Gasteiger partial charge in [0.15, 0.2) is 5.82 Å². The van der Waals surface area contributed by atoms with Crippen molar-refractivity contribution in [2.24, 2.45) is 0 Å². The van der Waals surface area contributed by atoms with E-state index in [0.29, 0.717) is 16.9 Å². The molecule has 6 heteroatoms. The Morgan fingerprint density at radius 3 is 2.85 bits per heavy atom. The molecule has 3 rings (SSSR count). The molecular weight excluding hydrogens is 279 g/mol. The SMILES string of the molecule is Nc1ccc2ncnc(Nc3cccc(Cl)c3F)c2c1. The third kappa shape index (κ3) is 2.23. The lowest BCUT2D eigenvalue weighted by atomic mass is 10.2. The number of nitrogens with one attached hydrogen (secondary N) is 1. The number of hydrogen-bond acceptors (Lipinski definition) is 4. The van der Waals surface area contributed by atoms with Gasteiger partial charge in [-0.25, -0.2) is 14.4 Å². The minimum Gasteiger partial charge on any atom is -0.399 e. The Balaban J connectivity index is 2.11. The molecule has 0 amide bonds. The number of halogens is 2. The molecule has 0 fully saturated rings. The summed E-state index contributed by atoms with van der Waals surface area (Å²) < 4.78 is 13.9. The second-order valence-corrected chi connectivity index (χ2v) is 4.63. The van der Waals surface area contributed by atoms with Gasteiger partial charge in [0.05, 0.1) is 16.2 Å².